The molecule has 2 rings (SSSR count). The third kappa shape index (κ3) is 3.11. The maximum Gasteiger partial charge on any atom is 0.128 e. The lowest BCUT2D eigenvalue weighted by Gasteiger charge is -2.14. The van der Waals surface area contributed by atoms with Crippen molar-refractivity contribution in [2.75, 3.05) is 0 Å². The molecule has 1 aromatic heterocycles. The first-order valence-electron chi connectivity index (χ1n) is 5.65. The van der Waals surface area contributed by atoms with Gasteiger partial charge in [0.2, 0.25) is 0 Å². The van der Waals surface area contributed by atoms with Crippen molar-refractivity contribution in [3.05, 3.63) is 51.5 Å². The zero-order valence-corrected chi connectivity index (χ0v) is 11.0. The van der Waals surface area contributed by atoms with Crippen molar-refractivity contribution in [2.45, 2.75) is 26.4 Å². The quantitative estimate of drug-likeness (QED) is 0.916. The van der Waals surface area contributed by atoms with Crippen LogP contribution >= 0.6 is 11.3 Å². The van der Waals surface area contributed by atoms with Gasteiger partial charge in [0, 0.05) is 23.5 Å². The number of aromatic nitrogens is 1. The Morgan fingerprint density at radius 2 is 2.17 bits per heavy atom. The minimum Gasteiger partial charge on any atom is -0.304 e. The maximum atomic E-state index is 13.5. The molecule has 0 aliphatic heterocycles. The Hall–Kier alpha value is -1.33. The van der Waals surface area contributed by atoms with E-state index < -0.39 is 11.6 Å². The molecule has 1 atom stereocenters. The van der Waals surface area contributed by atoms with E-state index in [0.717, 1.165) is 22.8 Å². The Bertz CT molecular complexity index is 540. The lowest BCUT2D eigenvalue weighted by molar-refractivity contribution is 0.516. The zero-order valence-electron chi connectivity index (χ0n) is 10.2. The molecule has 5 heteroatoms. The number of nitrogens with one attached hydrogen (secondary N) is 1. The minimum atomic E-state index is -0.426. The Balaban J connectivity index is 2.03. The van der Waals surface area contributed by atoms with Gasteiger partial charge in [-0.1, -0.05) is 0 Å². The minimum absolute atomic E-state index is 0.261. The number of aryl methyl sites for hydroxylation is 1. The third-order valence-corrected chi connectivity index (χ3v) is 3.50. The van der Waals surface area contributed by atoms with Crippen LogP contribution in [0.2, 0.25) is 0 Å². The van der Waals surface area contributed by atoms with E-state index in [1.165, 1.54) is 6.07 Å². The van der Waals surface area contributed by atoms with Crippen molar-refractivity contribution in [1.82, 2.24) is 10.3 Å². The Morgan fingerprint density at radius 3 is 2.83 bits per heavy atom. The van der Waals surface area contributed by atoms with Crippen molar-refractivity contribution in [3.8, 4) is 0 Å². The van der Waals surface area contributed by atoms with E-state index >= 15 is 0 Å². The zero-order chi connectivity index (χ0) is 13.1. The van der Waals surface area contributed by atoms with Gasteiger partial charge >= 0.3 is 0 Å². The average molecular weight is 268 g/mol. The summed E-state index contributed by atoms with van der Waals surface area (Å²) in [5.74, 6) is -0.824. The van der Waals surface area contributed by atoms with Crippen molar-refractivity contribution < 1.29 is 8.78 Å². The number of rotatable bonds is 4. The lowest BCUT2D eigenvalue weighted by atomic mass is 10.1. The highest BCUT2D eigenvalue weighted by molar-refractivity contribution is 7.09. The van der Waals surface area contributed by atoms with Gasteiger partial charge in [0.05, 0.1) is 10.7 Å². The lowest BCUT2D eigenvalue weighted by Crippen LogP contribution is -2.19. The molecule has 96 valence electrons. The van der Waals surface area contributed by atoms with Gasteiger partial charge in [-0.3, -0.25) is 0 Å². The molecule has 1 aromatic carbocycles. The summed E-state index contributed by atoms with van der Waals surface area (Å²) in [6, 6.07) is 3.23. The topological polar surface area (TPSA) is 24.9 Å². The van der Waals surface area contributed by atoms with Crippen LogP contribution in [0.5, 0.6) is 0 Å². The van der Waals surface area contributed by atoms with Gasteiger partial charge < -0.3 is 5.32 Å². The molecular weight excluding hydrogens is 254 g/mol. The number of nitrogens with zero attached hydrogens (tertiary/aromatic N) is 1. The fraction of sp³-hybridized carbons (Fsp3) is 0.308. The van der Waals surface area contributed by atoms with Gasteiger partial charge in [-0.2, -0.15) is 0 Å². The number of hydrogen-bond acceptors (Lipinski definition) is 3. The Labute approximate surface area is 109 Å². The van der Waals surface area contributed by atoms with E-state index in [1.54, 1.807) is 18.3 Å². The summed E-state index contributed by atoms with van der Waals surface area (Å²) >= 11 is 1.57. The van der Waals surface area contributed by atoms with Crippen LogP contribution in [0.25, 0.3) is 0 Å². The van der Waals surface area contributed by atoms with Gasteiger partial charge in [-0.15, -0.1) is 11.3 Å². The molecule has 1 unspecified atom stereocenters. The standard InChI is InChI=1S/C13H14F2N2S/c1-8(12-5-10(14)3-4-13(12)15)16-6-11-7-18-9(2)17-11/h3-5,7-8,16H,6H2,1-2H3. The van der Waals surface area contributed by atoms with E-state index in [9.17, 15) is 8.78 Å². The SMILES string of the molecule is Cc1nc(CNC(C)c2cc(F)ccc2F)cs1. The number of thiazole rings is 1. The van der Waals surface area contributed by atoms with E-state index in [2.05, 4.69) is 10.3 Å². The van der Waals surface area contributed by atoms with Crippen LogP contribution in [-0.4, -0.2) is 4.98 Å². The van der Waals surface area contributed by atoms with Crippen molar-refractivity contribution in [1.29, 1.82) is 0 Å². The van der Waals surface area contributed by atoms with E-state index in [1.807, 2.05) is 12.3 Å². The number of hydrogen-bond donors (Lipinski definition) is 1. The van der Waals surface area contributed by atoms with Crippen LogP contribution in [-0.2, 0) is 6.54 Å². The van der Waals surface area contributed by atoms with Crippen LogP contribution in [0.3, 0.4) is 0 Å². The normalized spacial score (nSPS) is 12.7. The molecular formula is C13H14F2N2S. The number of benzene rings is 1. The highest BCUT2D eigenvalue weighted by Gasteiger charge is 2.12. The average Bonchev–Trinajstić information content (AvgIpc) is 2.75. The van der Waals surface area contributed by atoms with E-state index in [0.29, 0.717) is 12.1 Å². The smallest absolute Gasteiger partial charge is 0.128 e. The molecule has 0 spiro atoms. The summed E-state index contributed by atoms with van der Waals surface area (Å²) in [6.07, 6.45) is 0. The maximum absolute atomic E-state index is 13.5. The van der Waals surface area contributed by atoms with Crippen LogP contribution in [0.1, 0.15) is 29.2 Å². The molecule has 0 fully saturated rings. The van der Waals surface area contributed by atoms with Gasteiger partial charge in [-0.05, 0) is 32.0 Å². The van der Waals surface area contributed by atoms with Gasteiger partial charge in [0.1, 0.15) is 11.6 Å². The van der Waals surface area contributed by atoms with Crippen molar-refractivity contribution in [2.24, 2.45) is 0 Å². The first kappa shape index (κ1) is 13.1. The Kier molecular flexibility index (Phi) is 4.04. The molecule has 0 aliphatic carbocycles. The highest BCUT2D eigenvalue weighted by Crippen LogP contribution is 2.18. The number of halogens is 2. The molecule has 0 bridgehead atoms. The Morgan fingerprint density at radius 1 is 1.39 bits per heavy atom. The largest absolute Gasteiger partial charge is 0.304 e. The molecule has 0 radical (unpaired) electrons. The summed E-state index contributed by atoms with van der Waals surface area (Å²) in [5, 5.41) is 6.09. The van der Waals surface area contributed by atoms with Crippen molar-refractivity contribution in [3.63, 3.8) is 0 Å². The van der Waals surface area contributed by atoms with Gasteiger partial charge in [-0.25, -0.2) is 13.8 Å². The first-order chi connectivity index (χ1) is 8.56. The van der Waals surface area contributed by atoms with Gasteiger partial charge in [0.15, 0.2) is 0 Å². The summed E-state index contributed by atoms with van der Waals surface area (Å²) in [6.45, 7) is 4.28. The highest BCUT2D eigenvalue weighted by atomic mass is 32.1. The summed E-state index contributed by atoms with van der Waals surface area (Å²) in [4.78, 5) is 4.30. The second-order valence-corrected chi connectivity index (χ2v) is 5.19. The molecule has 2 aromatic rings. The molecule has 0 saturated carbocycles. The second kappa shape index (κ2) is 5.54. The van der Waals surface area contributed by atoms with Crippen LogP contribution < -0.4 is 5.32 Å². The van der Waals surface area contributed by atoms with Crippen LogP contribution in [0.15, 0.2) is 23.6 Å². The molecule has 1 N–H and O–H groups in total. The molecule has 18 heavy (non-hydrogen) atoms. The monoisotopic (exact) mass is 268 g/mol. The van der Waals surface area contributed by atoms with Gasteiger partial charge in [0.25, 0.3) is 0 Å². The van der Waals surface area contributed by atoms with Crippen LogP contribution in [0.4, 0.5) is 8.78 Å². The summed E-state index contributed by atoms with van der Waals surface area (Å²) in [5.41, 5.74) is 1.25. The fourth-order valence-electron chi connectivity index (χ4n) is 1.70. The summed E-state index contributed by atoms with van der Waals surface area (Å²) < 4.78 is 26.6. The molecule has 0 saturated heterocycles. The van der Waals surface area contributed by atoms with Crippen LogP contribution in [0, 0.1) is 18.6 Å². The third-order valence-electron chi connectivity index (χ3n) is 2.68. The first-order valence-corrected chi connectivity index (χ1v) is 6.53. The predicted octanol–water partition coefficient (Wildman–Crippen LogP) is 3.58. The van der Waals surface area contributed by atoms with E-state index in [-0.39, 0.29) is 6.04 Å². The molecule has 0 amide bonds. The molecule has 0 aliphatic rings. The van der Waals surface area contributed by atoms with Crippen molar-refractivity contribution >= 4 is 11.3 Å². The second-order valence-electron chi connectivity index (χ2n) is 4.13. The molecule has 1 heterocycles. The molecule has 2 nitrogen and oxygen atoms in total. The predicted molar refractivity (Wildman–Crippen MR) is 68.5 cm³/mol. The fourth-order valence-corrected chi connectivity index (χ4v) is 2.32. The summed E-state index contributed by atoms with van der Waals surface area (Å²) in [7, 11) is 0. The van der Waals surface area contributed by atoms with E-state index in [4.69, 9.17) is 0 Å².